The molecule has 1 atom stereocenters. The quantitative estimate of drug-likeness (QED) is 0.618. The lowest BCUT2D eigenvalue weighted by Crippen LogP contribution is -2.45. The first-order valence-corrected chi connectivity index (χ1v) is 5.11. The fraction of sp³-hybridized carbons (Fsp3) is 0.900. The van der Waals surface area contributed by atoms with Gasteiger partial charge >= 0.3 is 5.97 Å². The van der Waals surface area contributed by atoms with Crippen LogP contribution in [0.4, 0.5) is 0 Å². The molecular weight excluding hydrogens is 166 g/mol. The second kappa shape index (κ2) is 3.29. The van der Waals surface area contributed by atoms with Crippen molar-refractivity contribution in [2.24, 2.45) is 5.92 Å². The molecule has 3 heteroatoms. The number of rotatable bonds is 1. The van der Waals surface area contributed by atoms with E-state index >= 15 is 0 Å². The Morgan fingerprint density at radius 2 is 2.15 bits per heavy atom. The molecule has 0 aromatic carbocycles. The SMILES string of the molecule is COC(=O)C1CCNC12CCCC2. The summed E-state index contributed by atoms with van der Waals surface area (Å²) in [5.74, 6) is 0.0897. The highest BCUT2D eigenvalue weighted by atomic mass is 16.5. The number of esters is 1. The van der Waals surface area contributed by atoms with E-state index in [4.69, 9.17) is 4.74 Å². The number of carbonyl (C=O) groups excluding carboxylic acids is 1. The Morgan fingerprint density at radius 1 is 1.46 bits per heavy atom. The average molecular weight is 183 g/mol. The summed E-state index contributed by atoms with van der Waals surface area (Å²) in [7, 11) is 1.49. The van der Waals surface area contributed by atoms with Gasteiger partial charge in [-0.05, 0) is 25.8 Å². The molecule has 2 rings (SSSR count). The second-order valence-electron chi connectivity index (χ2n) is 4.15. The largest absolute Gasteiger partial charge is 0.469 e. The lowest BCUT2D eigenvalue weighted by molar-refractivity contribution is -0.147. The molecule has 1 aliphatic heterocycles. The summed E-state index contributed by atoms with van der Waals surface area (Å²) in [5.41, 5.74) is 0.104. The Morgan fingerprint density at radius 3 is 2.77 bits per heavy atom. The van der Waals surface area contributed by atoms with Gasteiger partial charge in [0.05, 0.1) is 13.0 Å². The fourth-order valence-electron chi connectivity index (χ4n) is 2.88. The average Bonchev–Trinajstić information content (AvgIpc) is 2.76. The van der Waals surface area contributed by atoms with Crippen molar-refractivity contribution in [3.8, 4) is 0 Å². The molecule has 1 unspecified atom stereocenters. The molecule has 0 aromatic rings. The van der Waals surface area contributed by atoms with Crippen LogP contribution in [-0.2, 0) is 9.53 Å². The van der Waals surface area contributed by atoms with Crippen molar-refractivity contribution < 1.29 is 9.53 Å². The van der Waals surface area contributed by atoms with Crippen molar-refractivity contribution >= 4 is 5.97 Å². The van der Waals surface area contributed by atoms with E-state index in [1.54, 1.807) is 0 Å². The van der Waals surface area contributed by atoms with Crippen LogP contribution in [0.15, 0.2) is 0 Å². The van der Waals surface area contributed by atoms with E-state index in [9.17, 15) is 4.79 Å². The summed E-state index contributed by atoms with van der Waals surface area (Å²) in [6.45, 7) is 0.972. The first kappa shape index (κ1) is 9.00. The summed E-state index contributed by atoms with van der Waals surface area (Å²) >= 11 is 0. The van der Waals surface area contributed by atoms with Crippen LogP contribution < -0.4 is 5.32 Å². The third kappa shape index (κ3) is 1.35. The third-order valence-corrected chi connectivity index (χ3v) is 3.56. The zero-order valence-electron chi connectivity index (χ0n) is 8.14. The number of hydrogen-bond donors (Lipinski definition) is 1. The molecular formula is C10H17NO2. The van der Waals surface area contributed by atoms with E-state index in [1.165, 1.54) is 20.0 Å². The highest BCUT2D eigenvalue weighted by molar-refractivity contribution is 5.74. The Kier molecular flexibility index (Phi) is 2.28. The number of carbonyl (C=O) groups is 1. The van der Waals surface area contributed by atoms with E-state index in [1.807, 2.05) is 0 Å². The van der Waals surface area contributed by atoms with Gasteiger partial charge in [0.1, 0.15) is 0 Å². The van der Waals surface area contributed by atoms with Crippen LogP contribution in [0.5, 0.6) is 0 Å². The molecule has 2 aliphatic rings. The van der Waals surface area contributed by atoms with Crippen molar-refractivity contribution in [3.05, 3.63) is 0 Å². The van der Waals surface area contributed by atoms with Crippen LogP contribution in [0.3, 0.4) is 0 Å². The Balaban J connectivity index is 2.13. The molecule has 1 spiro atoms. The molecule has 1 saturated heterocycles. The normalized spacial score (nSPS) is 31.0. The molecule has 3 nitrogen and oxygen atoms in total. The van der Waals surface area contributed by atoms with Gasteiger partial charge in [0.15, 0.2) is 0 Å². The third-order valence-electron chi connectivity index (χ3n) is 3.56. The van der Waals surface area contributed by atoms with Crippen LogP contribution in [0.25, 0.3) is 0 Å². The van der Waals surface area contributed by atoms with Gasteiger partial charge in [-0.2, -0.15) is 0 Å². The summed E-state index contributed by atoms with van der Waals surface area (Å²) < 4.78 is 4.84. The van der Waals surface area contributed by atoms with Gasteiger partial charge in [0.25, 0.3) is 0 Å². The number of nitrogens with one attached hydrogen (secondary N) is 1. The first-order chi connectivity index (χ1) is 6.28. The lowest BCUT2D eigenvalue weighted by atomic mass is 9.84. The molecule has 1 N–H and O–H groups in total. The Bertz CT molecular complexity index is 203. The smallest absolute Gasteiger partial charge is 0.310 e. The van der Waals surface area contributed by atoms with E-state index in [2.05, 4.69) is 5.32 Å². The van der Waals surface area contributed by atoms with Crippen LogP contribution in [0.2, 0.25) is 0 Å². The first-order valence-electron chi connectivity index (χ1n) is 5.11. The minimum absolute atomic E-state index is 0.0214. The standard InChI is InChI=1S/C10H17NO2/c1-13-9(12)8-4-7-11-10(8)5-2-3-6-10/h8,11H,2-7H2,1H3. The van der Waals surface area contributed by atoms with Gasteiger partial charge in [0, 0.05) is 5.54 Å². The summed E-state index contributed by atoms with van der Waals surface area (Å²) in [5, 5.41) is 3.50. The van der Waals surface area contributed by atoms with E-state index < -0.39 is 0 Å². The molecule has 0 bridgehead atoms. The molecule has 0 aromatic heterocycles. The van der Waals surface area contributed by atoms with E-state index in [0.717, 1.165) is 25.8 Å². The molecule has 2 fully saturated rings. The van der Waals surface area contributed by atoms with E-state index in [-0.39, 0.29) is 17.4 Å². The lowest BCUT2D eigenvalue weighted by Gasteiger charge is -2.29. The van der Waals surface area contributed by atoms with Crippen molar-refractivity contribution in [1.29, 1.82) is 0 Å². The Labute approximate surface area is 78.8 Å². The second-order valence-corrected chi connectivity index (χ2v) is 4.15. The minimum Gasteiger partial charge on any atom is -0.469 e. The van der Waals surface area contributed by atoms with Gasteiger partial charge in [-0.25, -0.2) is 0 Å². The summed E-state index contributed by atoms with van der Waals surface area (Å²) in [6.07, 6.45) is 5.74. The van der Waals surface area contributed by atoms with Gasteiger partial charge in [-0.1, -0.05) is 12.8 Å². The van der Waals surface area contributed by atoms with Crippen molar-refractivity contribution in [3.63, 3.8) is 0 Å². The van der Waals surface area contributed by atoms with Crippen molar-refractivity contribution in [1.82, 2.24) is 5.32 Å². The van der Waals surface area contributed by atoms with Crippen molar-refractivity contribution in [2.45, 2.75) is 37.6 Å². The van der Waals surface area contributed by atoms with Gasteiger partial charge in [0.2, 0.25) is 0 Å². The highest BCUT2D eigenvalue weighted by Gasteiger charge is 2.48. The maximum absolute atomic E-state index is 11.5. The molecule has 74 valence electrons. The van der Waals surface area contributed by atoms with Crippen LogP contribution in [0.1, 0.15) is 32.1 Å². The molecule has 0 amide bonds. The number of hydrogen-bond acceptors (Lipinski definition) is 3. The zero-order chi connectivity index (χ0) is 9.31. The zero-order valence-corrected chi connectivity index (χ0v) is 8.14. The van der Waals surface area contributed by atoms with Crippen LogP contribution >= 0.6 is 0 Å². The minimum atomic E-state index is -0.0214. The predicted molar refractivity (Wildman–Crippen MR) is 49.3 cm³/mol. The molecule has 0 radical (unpaired) electrons. The van der Waals surface area contributed by atoms with Gasteiger partial charge in [-0.15, -0.1) is 0 Å². The van der Waals surface area contributed by atoms with Crippen LogP contribution in [-0.4, -0.2) is 25.2 Å². The Hall–Kier alpha value is -0.570. The fourth-order valence-corrected chi connectivity index (χ4v) is 2.88. The monoisotopic (exact) mass is 183 g/mol. The van der Waals surface area contributed by atoms with Crippen molar-refractivity contribution in [2.75, 3.05) is 13.7 Å². The number of ether oxygens (including phenoxy) is 1. The summed E-state index contributed by atoms with van der Waals surface area (Å²) in [4.78, 5) is 11.5. The van der Waals surface area contributed by atoms with Crippen LogP contribution in [0, 0.1) is 5.92 Å². The maximum Gasteiger partial charge on any atom is 0.310 e. The molecule has 1 saturated carbocycles. The van der Waals surface area contributed by atoms with E-state index in [0.29, 0.717) is 0 Å². The maximum atomic E-state index is 11.5. The molecule has 13 heavy (non-hydrogen) atoms. The predicted octanol–water partition coefficient (Wildman–Crippen LogP) is 1.08. The molecule has 1 aliphatic carbocycles. The van der Waals surface area contributed by atoms with Gasteiger partial charge < -0.3 is 10.1 Å². The molecule has 1 heterocycles. The summed E-state index contributed by atoms with van der Waals surface area (Å²) in [6, 6.07) is 0. The topological polar surface area (TPSA) is 38.3 Å². The number of methoxy groups -OCH3 is 1. The highest BCUT2D eigenvalue weighted by Crippen LogP contribution is 2.41. The van der Waals surface area contributed by atoms with Gasteiger partial charge in [-0.3, -0.25) is 4.79 Å².